The number of benzene rings is 1. The zero-order valence-corrected chi connectivity index (χ0v) is 20.1. The minimum atomic E-state index is -1.05. The third-order valence-electron chi connectivity index (χ3n) is 6.71. The van der Waals surface area contributed by atoms with Crippen LogP contribution in [0.2, 0.25) is 0 Å². The number of aromatic carboxylic acids is 1. The van der Waals surface area contributed by atoms with Crippen molar-refractivity contribution >= 4 is 29.2 Å². The summed E-state index contributed by atoms with van der Waals surface area (Å²) in [5.41, 5.74) is 3.18. The fourth-order valence-corrected chi connectivity index (χ4v) is 4.88. The van der Waals surface area contributed by atoms with Crippen molar-refractivity contribution in [1.29, 1.82) is 0 Å². The number of amides is 1. The lowest BCUT2D eigenvalue weighted by molar-refractivity contribution is 0.0696. The number of fused-ring (bicyclic) bond motifs is 2. The molecule has 0 spiro atoms. The summed E-state index contributed by atoms with van der Waals surface area (Å²) in [5, 5.41) is 22.4. The number of anilines is 3. The number of piperazine rings is 1. The Hall–Kier alpha value is -4.74. The predicted molar refractivity (Wildman–Crippen MR) is 140 cm³/mol. The van der Waals surface area contributed by atoms with Gasteiger partial charge in [-0.15, -0.1) is 0 Å². The first-order chi connectivity index (χ1) is 18.5. The largest absolute Gasteiger partial charge is 0.478 e. The number of nitrogens with zero attached hydrogens (tertiary/aromatic N) is 4. The van der Waals surface area contributed by atoms with E-state index in [1.54, 1.807) is 36.9 Å². The number of carbonyl (C=O) groups is 2. The number of carboxylic acids is 1. The second-order valence-corrected chi connectivity index (χ2v) is 9.21. The van der Waals surface area contributed by atoms with Crippen LogP contribution in [0, 0.1) is 0 Å². The van der Waals surface area contributed by atoms with E-state index >= 15 is 0 Å². The van der Waals surface area contributed by atoms with Crippen molar-refractivity contribution < 1.29 is 14.7 Å². The highest BCUT2D eigenvalue weighted by atomic mass is 16.4. The van der Waals surface area contributed by atoms with Gasteiger partial charge in [-0.25, -0.2) is 14.8 Å². The van der Waals surface area contributed by atoms with Crippen LogP contribution in [-0.4, -0.2) is 55.5 Å². The van der Waals surface area contributed by atoms with Gasteiger partial charge in [0.15, 0.2) is 0 Å². The molecule has 0 aliphatic carbocycles. The molecule has 1 amide bonds. The monoisotopic (exact) mass is 508 g/mol. The van der Waals surface area contributed by atoms with E-state index in [4.69, 9.17) is 10.1 Å². The van der Waals surface area contributed by atoms with Crippen molar-refractivity contribution in [2.45, 2.75) is 24.5 Å². The molecule has 2 aliphatic rings. The second-order valence-electron chi connectivity index (χ2n) is 9.21. The first-order valence-electron chi connectivity index (χ1n) is 12.2. The van der Waals surface area contributed by atoms with Crippen LogP contribution in [0.25, 0.3) is 11.3 Å². The lowest BCUT2D eigenvalue weighted by Gasteiger charge is -2.24. The molecule has 1 aromatic carbocycles. The Morgan fingerprint density at radius 2 is 1.79 bits per heavy atom. The average Bonchev–Trinajstić information content (AvgIpc) is 3.59. The van der Waals surface area contributed by atoms with Gasteiger partial charge in [-0.1, -0.05) is 0 Å². The summed E-state index contributed by atoms with van der Waals surface area (Å²) in [6.07, 6.45) is 7.57. The smallest absolute Gasteiger partial charge is 0.335 e. The van der Waals surface area contributed by atoms with E-state index in [0.29, 0.717) is 40.7 Å². The minimum absolute atomic E-state index is 0.0976. The van der Waals surface area contributed by atoms with Gasteiger partial charge < -0.3 is 26.4 Å². The number of aromatic nitrogens is 4. The van der Waals surface area contributed by atoms with E-state index in [0.717, 1.165) is 24.2 Å². The fraction of sp³-hybridized carbons (Fsp3) is 0.185. The molecular weight excluding hydrogens is 484 g/mol. The molecule has 5 N–H and O–H groups in total. The molecule has 6 rings (SSSR count). The van der Waals surface area contributed by atoms with Crippen molar-refractivity contribution in [3.05, 3.63) is 90.1 Å². The summed E-state index contributed by atoms with van der Waals surface area (Å²) < 4.78 is 0. The number of carboxylic acid groups (broad SMARTS) is 1. The molecule has 0 radical (unpaired) electrons. The number of carbonyl (C=O) groups excluding carboxylic acids is 1. The van der Waals surface area contributed by atoms with E-state index in [1.165, 1.54) is 24.3 Å². The Labute approximate surface area is 217 Å². The lowest BCUT2D eigenvalue weighted by Crippen LogP contribution is -2.43. The number of rotatable bonds is 7. The van der Waals surface area contributed by atoms with Crippen LogP contribution in [0.4, 0.5) is 17.3 Å². The van der Waals surface area contributed by atoms with E-state index in [2.05, 4.69) is 36.2 Å². The standard InChI is InChI=1S/C27H24N8O3/c36-26(15-1-3-16(4-2-15)27(37)38)33-19-5-6-22(34-23-14-28-9-10-30-23)35-24(19)17-7-8-29-20(11-17)25-21-12-18(32-25)13-31-21/h1-11,14,18,21,25,31-32H,12-13H2,(H,33,36)(H,37,38)(H,30,34,35)/t18-,21-,25?/m0/s1. The maximum atomic E-state index is 13.1. The van der Waals surface area contributed by atoms with E-state index < -0.39 is 5.97 Å². The van der Waals surface area contributed by atoms with Crippen LogP contribution in [0.3, 0.4) is 0 Å². The first-order valence-corrected chi connectivity index (χ1v) is 12.2. The highest BCUT2D eigenvalue weighted by Crippen LogP contribution is 2.34. The molecule has 1 unspecified atom stereocenters. The molecule has 11 nitrogen and oxygen atoms in total. The molecule has 38 heavy (non-hydrogen) atoms. The second kappa shape index (κ2) is 9.96. The highest BCUT2D eigenvalue weighted by Gasteiger charge is 2.40. The Morgan fingerprint density at radius 1 is 0.947 bits per heavy atom. The molecule has 5 heterocycles. The van der Waals surface area contributed by atoms with Gasteiger partial charge in [0.1, 0.15) is 11.6 Å². The van der Waals surface area contributed by atoms with Crippen LogP contribution in [0.5, 0.6) is 0 Å². The van der Waals surface area contributed by atoms with Crippen LogP contribution in [0.15, 0.2) is 73.3 Å². The molecule has 2 saturated heterocycles. The number of hydrogen-bond donors (Lipinski definition) is 5. The Morgan fingerprint density at radius 3 is 2.50 bits per heavy atom. The van der Waals surface area contributed by atoms with Crippen molar-refractivity contribution in [2.24, 2.45) is 0 Å². The maximum absolute atomic E-state index is 13.1. The summed E-state index contributed by atoms with van der Waals surface area (Å²) in [4.78, 5) is 42.0. The first kappa shape index (κ1) is 23.6. The zero-order chi connectivity index (χ0) is 26.1. The Balaban J connectivity index is 1.34. The summed E-state index contributed by atoms with van der Waals surface area (Å²) in [6.45, 7) is 0.960. The predicted octanol–water partition coefficient (Wildman–Crippen LogP) is 3.00. The highest BCUT2D eigenvalue weighted by molar-refractivity contribution is 6.06. The van der Waals surface area contributed by atoms with Crippen LogP contribution >= 0.6 is 0 Å². The molecule has 0 saturated carbocycles. The van der Waals surface area contributed by atoms with E-state index in [9.17, 15) is 9.59 Å². The quantitative estimate of drug-likeness (QED) is 0.252. The van der Waals surface area contributed by atoms with E-state index in [1.807, 2.05) is 12.1 Å². The third-order valence-corrected chi connectivity index (χ3v) is 6.71. The number of hydrogen-bond acceptors (Lipinski definition) is 9. The minimum Gasteiger partial charge on any atom is -0.478 e. The van der Waals surface area contributed by atoms with Gasteiger partial charge >= 0.3 is 5.97 Å². The summed E-state index contributed by atoms with van der Waals surface area (Å²) in [5.74, 6) is -0.368. The lowest BCUT2D eigenvalue weighted by atomic mass is 10.0. The molecule has 3 aromatic heterocycles. The number of nitrogens with one attached hydrogen (secondary N) is 4. The SMILES string of the molecule is O=C(O)c1ccc(C(=O)Nc2ccc(Nc3cnccn3)nc2-c2ccnc(C3N[C@@H]4CN[C@H]3C4)c2)cc1. The third kappa shape index (κ3) is 4.80. The van der Waals surface area contributed by atoms with Gasteiger partial charge in [-0.3, -0.25) is 14.8 Å². The van der Waals surface area contributed by atoms with Crippen molar-refractivity contribution in [2.75, 3.05) is 17.2 Å². The number of pyridine rings is 2. The van der Waals surface area contributed by atoms with Gasteiger partial charge in [0.25, 0.3) is 5.91 Å². The van der Waals surface area contributed by atoms with Crippen molar-refractivity contribution in [1.82, 2.24) is 30.6 Å². The van der Waals surface area contributed by atoms with Crippen molar-refractivity contribution in [3.63, 3.8) is 0 Å². The topological polar surface area (TPSA) is 154 Å². The fourth-order valence-electron chi connectivity index (χ4n) is 4.88. The zero-order valence-electron chi connectivity index (χ0n) is 20.1. The summed E-state index contributed by atoms with van der Waals surface area (Å²) >= 11 is 0. The Bertz CT molecular complexity index is 1500. The molecule has 2 fully saturated rings. The Kier molecular flexibility index (Phi) is 6.20. The van der Waals surface area contributed by atoms with Crippen LogP contribution in [0.1, 0.15) is 38.9 Å². The molecular formula is C27H24N8O3. The van der Waals surface area contributed by atoms with Crippen molar-refractivity contribution in [3.8, 4) is 11.3 Å². The normalized spacial score (nSPS) is 19.7. The maximum Gasteiger partial charge on any atom is 0.335 e. The van der Waals surface area contributed by atoms with Gasteiger partial charge in [-0.05, 0) is 55.0 Å². The molecule has 190 valence electrons. The molecule has 11 heteroatoms. The molecule has 3 atom stereocenters. The average molecular weight is 509 g/mol. The van der Waals surface area contributed by atoms with Crippen LogP contribution in [-0.2, 0) is 0 Å². The summed E-state index contributed by atoms with van der Waals surface area (Å²) in [6, 6.07) is 14.0. The van der Waals surface area contributed by atoms with Crippen LogP contribution < -0.4 is 21.3 Å². The van der Waals surface area contributed by atoms with Gasteiger partial charge in [0, 0.05) is 48.3 Å². The van der Waals surface area contributed by atoms with Gasteiger partial charge in [0.2, 0.25) is 0 Å². The molecule has 4 aromatic rings. The summed E-state index contributed by atoms with van der Waals surface area (Å²) in [7, 11) is 0. The van der Waals surface area contributed by atoms with Gasteiger partial charge in [0.05, 0.1) is 34.9 Å². The molecule has 2 aliphatic heterocycles. The molecule has 2 bridgehead atoms. The van der Waals surface area contributed by atoms with Gasteiger partial charge in [-0.2, -0.15) is 0 Å². The van der Waals surface area contributed by atoms with E-state index in [-0.39, 0.29) is 17.5 Å².